The monoisotopic (exact) mass is 329 g/mol. The highest BCUT2D eigenvalue weighted by Crippen LogP contribution is 2.34. The summed E-state index contributed by atoms with van der Waals surface area (Å²) in [6, 6.07) is 1.92. The summed E-state index contributed by atoms with van der Waals surface area (Å²) >= 11 is 4.94. The molecule has 1 atom stereocenters. The van der Waals surface area contributed by atoms with Crippen LogP contribution in [0.15, 0.2) is 21.2 Å². The molecule has 1 N–H and O–H groups in total. The molecule has 2 aromatic heterocycles. The zero-order valence-corrected chi connectivity index (χ0v) is 13.0. The van der Waals surface area contributed by atoms with Crippen molar-refractivity contribution >= 4 is 27.5 Å². The Hall–Kier alpha value is -0.720. The topological polar surface area (TPSA) is 51.0 Å². The van der Waals surface area contributed by atoms with Gasteiger partial charge in [0.05, 0.1) is 21.3 Å². The molecule has 6 heteroatoms. The quantitative estimate of drug-likeness (QED) is 0.908. The lowest BCUT2D eigenvalue weighted by molar-refractivity contribution is 0.450. The zero-order chi connectivity index (χ0) is 13.1. The van der Waals surface area contributed by atoms with Gasteiger partial charge in [0.2, 0.25) is 0 Å². The van der Waals surface area contributed by atoms with E-state index in [0.717, 1.165) is 27.3 Å². The van der Waals surface area contributed by atoms with Crippen molar-refractivity contribution in [2.24, 2.45) is 0 Å². The molecule has 98 valence electrons. The number of nitrogens with zero attached hydrogens (tertiary/aromatic N) is 2. The van der Waals surface area contributed by atoms with Crippen molar-refractivity contribution in [2.75, 3.05) is 6.54 Å². The van der Waals surface area contributed by atoms with Gasteiger partial charge in [-0.05, 0) is 46.0 Å². The van der Waals surface area contributed by atoms with Crippen molar-refractivity contribution in [3.8, 4) is 0 Å². The van der Waals surface area contributed by atoms with Crippen molar-refractivity contribution in [2.45, 2.75) is 32.7 Å². The van der Waals surface area contributed by atoms with Gasteiger partial charge in [0, 0.05) is 0 Å². The van der Waals surface area contributed by atoms with Crippen molar-refractivity contribution < 1.29 is 4.42 Å². The third-order valence-electron chi connectivity index (χ3n) is 2.66. The Morgan fingerprint density at radius 2 is 2.28 bits per heavy atom. The SMILES string of the molecule is CCNC(c1occc1Br)c1snnc1C(C)C. The Bertz CT molecular complexity index is 509. The van der Waals surface area contributed by atoms with Crippen LogP contribution < -0.4 is 5.32 Å². The largest absolute Gasteiger partial charge is 0.466 e. The van der Waals surface area contributed by atoms with Crippen molar-refractivity contribution in [3.05, 3.63) is 33.1 Å². The molecular formula is C12H16BrN3OS. The second-order valence-electron chi connectivity index (χ2n) is 4.30. The molecule has 0 saturated carbocycles. The highest BCUT2D eigenvalue weighted by atomic mass is 79.9. The summed E-state index contributed by atoms with van der Waals surface area (Å²) in [6.45, 7) is 7.18. The molecule has 0 aromatic carbocycles. The van der Waals surface area contributed by atoms with Crippen LogP contribution in [-0.4, -0.2) is 16.1 Å². The maximum absolute atomic E-state index is 5.58. The zero-order valence-electron chi connectivity index (χ0n) is 10.6. The van der Waals surface area contributed by atoms with Gasteiger partial charge >= 0.3 is 0 Å². The highest BCUT2D eigenvalue weighted by Gasteiger charge is 2.26. The van der Waals surface area contributed by atoms with E-state index in [0.29, 0.717) is 5.92 Å². The molecule has 2 aromatic rings. The Morgan fingerprint density at radius 1 is 1.50 bits per heavy atom. The minimum atomic E-state index is 0.0109. The predicted octanol–water partition coefficient (Wildman–Crippen LogP) is 3.72. The first-order valence-electron chi connectivity index (χ1n) is 5.93. The smallest absolute Gasteiger partial charge is 0.140 e. The number of hydrogen-bond donors (Lipinski definition) is 1. The number of furan rings is 1. The van der Waals surface area contributed by atoms with Crippen LogP contribution in [0.25, 0.3) is 0 Å². The number of hydrogen-bond acceptors (Lipinski definition) is 5. The van der Waals surface area contributed by atoms with E-state index in [1.54, 1.807) is 6.26 Å². The lowest BCUT2D eigenvalue weighted by Gasteiger charge is -2.16. The molecule has 18 heavy (non-hydrogen) atoms. The molecule has 0 aliphatic carbocycles. The second kappa shape index (κ2) is 5.95. The molecule has 0 aliphatic heterocycles. The molecule has 0 radical (unpaired) electrons. The molecule has 2 rings (SSSR count). The van der Waals surface area contributed by atoms with E-state index in [9.17, 15) is 0 Å². The van der Waals surface area contributed by atoms with E-state index >= 15 is 0 Å². The minimum absolute atomic E-state index is 0.0109. The van der Waals surface area contributed by atoms with Crippen LogP contribution in [-0.2, 0) is 0 Å². The summed E-state index contributed by atoms with van der Waals surface area (Å²) in [4.78, 5) is 1.13. The number of nitrogens with one attached hydrogen (secondary N) is 1. The Labute approximate surface area is 119 Å². The Kier molecular flexibility index (Phi) is 4.53. The Balaban J connectivity index is 2.42. The molecule has 4 nitrogen and oxygen atoms in total. The van der Waals surface area contributed by atoms with Gasteiger partial charge in [0.1, 0.15) is 11.8 Å². The van der Waals surface area contributed by atoms with Crippen LogP contribution in [0.5, 0.6) is 0 Å². The normalized spacial score (nSPS) is 13.2. The average molecular weight is 330 g/mol. The van der Waals surface area contributed by atoms with Gasteiger partial charge in [0.25, 0.3) is 0 Å². The van der Waals surface area contributed by atoms with E-state index in [4.69, 9.17) is 4.42 Å². The average Bonchev–Trinajstić information content (AvgIpc) is 2.94. The molecule has 0 bridgehead atoms. The van der Waals surface area contributed by atoms with E-state index < -0.39 is 0 Å². The molecule has 2 heterocycles. The van der Waals surface area contributed by atoms with Crippen molar-refractivity contribution in [3.63, 3.8) is 0 Å². The first-order chi connectivity index (χ1) is 8.65. The Morgan fingerprint density at radius 3 is 2.83 bits per heavy atom. The van der Waals surface area contributed by atoms with Crippen molar-refractivity contribution in [1.29, 1.82) is 0 Å². The summed E-state index contributed by atoms with van der Waals surface area (Å²) in [7, 11) is 0. The van der Waals surface area contributed by atoms with Crippen molar-refractivity contribution in [1.82, 2.24) is 14.9 Å². The minimum Gasteiger partial charge on any atom is -0.466 e. The lowest BCUT2D eigenvalue weighted by Crippen LogP contribution is -2.22. The molecule has 1 unspecified atom stereocenters. The molecular weight excluding hydrogens is 314 g/mol. The van der Waals surface area contributed by atoms with Gasteiger partial charge in [-0.15, -0.1) is 5.10 Å². The van der Waals surface area contributed by atoms with E-state index in [-0.39, 0.29) is 6.04 Å². The maximum atomic E-state index is 5.58. The van der Waals surface area contributed by atoms with Gasteiger partial charge in [-0.2, -0.15) is 0 Å². The third kappa shape index (κ3) is 2.65. The molecule has 0 aliphatic rings. The second-order valence-corrected chi connectivity index (χ2v) is 5.94. The van der Waals surface area contributed by atoms with Gasteiger partial charge in [-0.3, -0.25) is 0 Å². The molecule has 0 saturated heterocycles. The van der Waals surface area contributed by atoms with Gasteiger partial charge < -0.3 is 9.73 Å². The molecule has 0 amide bonds. The highest BCUT2D eigenvalue weighted by molar-refractivity contribution is 9.10. The van der Waals surface area contributed by atoms with Crippen LogP contribution in [0, 0.1) is 0 Å². The van der Waals surface area contributed by atoms with Gasteiger partial charge in [-0.1, -0.05) is 25.3 Å². The van der Waals surface area contributed by atoms with Gasteiger partial charge in [0.15, 0.2) is 0 Å². The molecule has 0 spiro atoms. The first-order valence-corrected chi connectivity index (χ1v) is 7.50. The van der Waals surface area contributed by atoms with E-state index in [1.165, 1.54) is 11.5 Å². The van der Waals surface area contributed by atoms with E-state index in [2.05, 4.69) is 51.6 Å². The third-order valence-corrected chi connectivity index (χ3v) is 4.12. The number of rotatable bonds is 5. The number of aromatic nitrogens is 2. The van der Waals surface area contributed by atoms with Crippen LogP contribution in [0.4, 0.5) is 0 Å². The summed E-state index contributed by atoms with van der Waals surface area (Å²) in [6.07, 6.45) is 1.69. The standard InChI is InChI=1S/C12H16BrN3OS/c1-4-14-10(11-8(13)5-6-17-11)12-9(7(2)3)15-16-18-12/h5-7,10,14H,4H2,1-3H3. The maximum Gasteiger partial charge on any atom is 0.140 e. The van der Waals surface area contributed by atoms with Crippen LogP contribution >= 0.6 is 27.5 Å². The lowest BCUT2D eigenvalue weighted by atomic mass is 10.0. The van der Waals surface area contributed by atoms with Gasteiger partial charge in [-0.25, -0.2) is 0 Å². The fourth-order valence-corrected chi connectivity index (χ4v) is 3.14. The van der Waals surface area contributed by atoms with Crippen LogP contribution in [0.2, 0.25) is 0 Å². The summed E-state index contributed by atoms with van der Waals surface area (Å²) < 4.78 is 10.6. The summed E-state index contributed by atoms with van der Waals surface area (Å²) in [5.74, 6) is 1.23. The summed E-state index contributed by atoms with van der Waals surface area (Å²) in [5.41, 5.74) is 1.04. The molecule has 0 fully saturated rings. The fourth-order valence-electron chi connectivity index (χ4n) is 1.83. The fraction of sp³-hybridized carbons (Fsp3) is 0.500. The predicted molar refractivity (Wildman–Crippen MR) is 75.9 cm³/mol. The summed E-state index contributed by atoms with van der Waals surface area (Å²) in [5, 5.41) is 7.66. The van der Waals surface area contributed by atoms with Crippen LogP contribution in [0.1, 0.15) is 49.1 Å². The van der Waals surface area contributed by atoms with E-state index in [1.807, 2.05) is 6.07 Å². The first kappa shape index (κ1) is 13.7. The number of halogens is 1. The van der Waals surface area contributed by atoms with Crippen LogP contribution in [0.3, 0.4) is 0 Å².